The highest BCUT2D eigenvalue weighted by Gasteiger charge is 2.23. The Morgan fingerprint density at radius 3 is 2.19 bits per heavy atom. The van der Waals surface area contributed by atoms with Crippen molar-refractivity contribution in [2.45, 2.75) is 10.1 Å². The first-order valence-corrected chi connectivity index (χ1v) is 12.6. The van der Waals surface area contributed by atoms with Crippen molar-refractivity contribution >= 4 is 63.8 Å². The van der Waals surface area contributed by atoms with Crippen molar-refractivity contribution in [1.29, 1.82) is 0 Å². The van der Waals surface area contributed by atoms with Gasteiger partial charge in [-0.25, -0.2) is 0 Å². The van der Waals surface area contributed by atoms with Gasteiger partial charge in [0.15, 0.2) is 0 Å². The molecular weight excluding hydrogens is 533 g/mol. The first-order valence-electron chi connectivity index (χ1n) is 10.9. The lowest BCUT2D eigenvalue weighted by molar-refractivity contribution is -0.384. The summed E-state index contributed by atoms with van der Waals surface area (Å²) < 4.78 is 0. The number of nitrogens with zero attached hydrogens (tertiary/aromatic N) is 1. The number of benzene rings is 4. The predicted molar refractivity (Wildman–Crippen MR) is 148 cm³/mol. The molecular formula is C27H19Cl2N3O4S. The number of hydrogen-bond acceptors (Lipinski definition) is 5. The van der Waals surface area contributed by atoms with Crippen molar-refractivity contribution in [3.8, 4) is 0 Å². The fraction of sp³-hybridized carbons (Fsp3) is 0.0370. The number of amides is 2. The van der Waals surface area contributed by atoms with Crippen LogP contribution in [0.1, 0.15) is 21.2 Å². The monoisotopic (exact) mass is 551 g/mol. The van der Waals surface area contributed by atoms with Crippen LogP contribution in [0.25, 0.3) is 0 Å². The van der Waals surface area contributed by atoms with Gasteiger partial charge in [-0.15, -0.1) is 11.8 Å². The van der Waals surface area contributed by atoms with Gasteiger partial charge in [0, 0.05) is 44.0 Å². The summed E-state index contributed by atoms with van der Waals surface area (Å²) >= 11 is 13.5. The lowest BCUT2D eigenvalue weighted by Gasteiger charge is -2.18. The molecule has 0 heterocycles. The molecule has 4 aromatic carbocycles. The molecule has 0 bridgehead atoms. The van der Waals surface area contributed by atoms with Crippen molar-refractivity contribution in [1.82, 2.24) is 0 Å². The summed E-state index contributed by atoms with van der Waals surface area (Å²) in [6, 6.07) is 26.6. The third-order valence-corrected chi connectivity index (χ3v) is 6.82. The van der Waals surface area contributed by atoms with Crippen LogP contribution >= 0.6 is 35.0 Å². The van der Waals surface area contributed by atoms with Gasteiger partial charge >= 0.3 is 0 Å². The zero-order valence-corrected chi connectivity index (χ0v) is 21.4. The zero-order valence-electron chi connectivity index (χ0n) is 19.1. The average molecular weight is 552 g/mol. The predicted octanol–water partition coefficient (Wildman–Crippen LogP) is 7.63. The van der Waals surface area contributed by atoms with Crippen molar-refractivity contribution in [2.24, 2.45) is 0 Å². The van der Waals surface area contributed by atoms with Crippen LogP contribution in [0.4, 0.5) is 17.1 Å². The molecule has 0 saturated heterocycles. The standard InChI is InChI=1S/C27H19Cl2N3O4S/c28-19-13-20(29)15-22(14-19)31-27(34)25(17-6-2-1-3-7-17)37-24-11-5-9-21(16-24)30-26(33)18-8-4-10-23(12-18)32(35)36/h1-16,25H,(H,30,33)(H,31,34). The lowest BCUT2D eigenvalue weighted by Crippen LogP contribution is -2.19. The molecule has 7 nitrogen and oxygen atoms in total. The molecule has 2 N–H and O–H groups in total. The molecule has 186 valence electrons. The number of anilines is 2. The Kier molecular flexibility index (Phi) is 8.45. The van der Waals surface area contributed by atoms with Crippen LogP contribution < -0.4 is 10.6 Å². The van der Waals surface area contributed by atoms with Gasteiger partial charge in [0.25, 0.3) is 11.6 Å². The van der Waals surface area contributed by atoms with Crippen LogP contribution in [0.3, 0.4) is 0 Å². The molecule has 0 aliphatic rings. The Morgan fingerprint density at radius 2 is 1.49 bits per heavy atom. The molecule has 0 radical (unpaired) electrons. The Morgan fingerprint density at radius 1 is 0.784 bits per heavy atom. The Balaban J connectivity index is 1.55. The van der Waals surface area contributed by atoms with E-state index in [0.717, 1.165) is 10.5 Å². The first kappa shape index (κ1) is 26.2. The number of carbonyl (C=O) groups excluding carboxylic acids is 2. The molecule has 0 spiro atoms. The molecule has 4 aromatic rings. The van der Waals surface area contributed by atoms with E-state index in [9.17, 15) is 19.7 Å². The molecule has 0 fully saturated rings. The number of nitro benzene ring substituents is 1. The molecule has 1 atom stereocenters. The van der Waals surface area contributed by atoms with Crippen molar-refractivity contribution in [3.63, 3.8) is 0 Å². The smallest absolute Gasteiger partial charge is 0.270 e. The summed E-state index contributed by atoms with van der Waals surface area (Å²) in [6.07, 6.45) is 0. The fourth-order valence-corrected chi connectivity index (χ4v) is 5.09. The van der Waals surface area contributed by atoms with Crippen molar-refractivity contribution in [3.05, 3.63) is 128 Å². The van der Waals surface area contributed by atoms with Crippen molar-refractivity contribution < 1.29 is 14.5 Å². The molecule has 0 aliphatic heterocycles. The van der Waals surface area contributed by atoms with E-state index in [4.69, 9.17) is 23.2 Å². The second kappa shape index (κ2) is 11.9. The summed E-state index contributed by atoms with van der Waals surface area (Å²) in [4.78, 5) is 37.2. The number of hydrogen-bond donors (Lipinski definition) is 2. The quantitative estimate of drug-likeness (QED) is 0.133. The second-order valence-electron chi connectivity index (χ2n) is 7.85. The van der Waals surface area contributed by atoms with Gasteiger partial charge < -0.3 is 10.6 Å². The number of carbonyl (C=O) groups is 2. The lowest BCUT2D eigenvalue weighted by atomic mass is 10.1. The molecule has 0 aliphatic carbocycles. The number of non-ortho nitro benzene ring substituents is 1. The molecule has 37 heavy (non-hydrogen) atoms. The van der Waals surface area contributed by atoms with E-state index in [-0.39, 0.29) is 17.2 Å². The largest absolute Gasteiger partial charge is 0.325 e. The van der Waals surface area contributed by atoms with Gasteiger partial charge in [-0.3, -0.25) is 19.7 Å². The minimum atomic E-state index is -0.623. The van der Waals surface area contributed by atoms with Crippen LogP contribution in [-0.2, 0) is 4.79 Å². The van der Waals surface area contributed by atoms with E-state index in [1.807, 2.05) is 36.4 Å². The third kappa shape index (κ3) is 7.10. The average Bonchev–Trinajstić information content (AvgIpc) is 2.87. The summed E-state index contributed by atoms with van der Waals surface area (Å²) in [6.45, 7) is 0. The molecule has 2 amide bonds. The van der Waals surface area contributed by atoms with Crippen LogP contribution in [0.15, 0.2) is 102 Å². The summed E-state index contributed by atoms with van der Waals surface area (Å²) in [5, 5.41) is 16.8. The maximum absolute atomic E-state index is 13.3. The number of rotatable bonds is 8. The van der Waals surface area contributed by atoms with E-state index < -0.39 is 16.1 Å². The second-order valence-corrected chi connectivity index (χ2v) is 9.90. The third-order valence-electron chi connectivity index (χ3n) is 5.14. The Bertz CT molecular complexity index is 1450. The van der Waals surface area contributed by atoms with E-state index in [1.165, 1.54) is 36.0 Å². The van der Waals surface area contributed by atoms with Crippen LogP contribution in [0.5, 0.6) is 0 Å². The topological polar surface area (TPSA) is 101 Å². The van der Waals surface area contributed by atoms with Crippen LogP contribution in [0, 0.1) is 10.1 Å². The SMILES string of the molecule is O=C(Nc1cccc(SC(C(=O)Nc2cc(Cl)cc(Cl)c2)c2ccccc2)c1)c1cccc([N+](=O)[O-])c1. The molecule has 10 heteroatoms. The fourth-order valence-electron chi connectivity index (χ4n) is 3.48. The molecule has 0 aromatic heterocycles. The Hall–Kier alpha value is -3.85. The summed E-state index contributed by atoms with van der Waals surface area (Å²) in [5.74, 6) is -0.762. The highest BCUT2D eigenvalue weighted by Crippen LogP contribution is 2.37. The van der Waals surface area contributed by atoms with Crippen LogP contribution in [0.2, 0.25) is 10.0 Å². The first-order chi connectivity index (χ1) is 17.8. The van der Waals surface area contributed by atoms with Gasteiger partial charge in [0.05, 0.1) is 4.92 Å². The van der Waals surface area contributed by atoms with Gasteiger partial charge in [0.1, 0.15) is 5.25 Å². The van der Waals surface area contributed by atoms with E-state index in [1.54, 1.807) is 36.4 Å². The normalized spacial score (nSPS) is 11.4. The maximum atomic E-state index is 13.3. The number of thioether (sulfide) groups is 1. The number of halogens is 2. The maximum Gasteiger partial charge on any atom is 0.270 e. The minimum Gasteiger partial charge on any atom is -0.325 e. The number of nitro groups is 1. The molecule has 1 unspecified atom stereocenters. The van der Waals surface area contributed by atoms with Gasteiger partial charge in [0.2, 0.25) is 5.91 Å². The van der Waals surface area contributed by atoms with E-state index in [0.29, 0.717) is 21.4 Å². The van der Waals surface area contributed by atoms with Gasteiger partial charge in [-0.2, -0.15) is 0 Å². The molecule has 0 saturated carbocycles. The van der Waals surface area contributed by atoms with E-state index >= 15 is 0 Å². The van der Waals surface area contributed by atoms with Gasteiger partial charge in [-0.05, 0) is 48.0 Å². The van der Waals surface area contributed by atoms with Crippen molar-refractivity contribution in [2.75, 3.05) is 10.6 Å². The van der Waals surface area contributed by atoms with E-state index in [2.05, 4.69) is 10.6 Å². The summed E-state index contributed by atoms with van der Waals surface area (Å²) in [5.41, 5.74) is 1.73. The highest BCUT2D eigenvalue weighted by atomic mass is 35.5. The molecule has 4 rings (SSSR count). The van der Waals surface area contributed by atoms with Crippen LogP contribution in [-0.4, -0.2) is 16.7 Å². The zero-order chi connectivity index (χ0) is 26.4. The highest BCUT2D eigenvalue weighted by molar-refractivity contribution is 8.00. The number of nitrogens with one attached hydrogen (secondary N) is 2. The Labute approximate surface area is 227 Å². The minimum absolute atomic E-state index is 0.161. The summed E-state index contributed by atoms with van der Waals surface area (Å²) in [7, 11) is 0. The van der Waals surface area contributed by atoms with Gasteiger partial charge in [-0.1, -0.05) is 65.7 Å².